The number of piperidine rings is 1. The summed E-state index contributed by atoms with van der Waals surface area (Å²) >= 11 is 0. The van der Waals surface area contributed by atoms with Gasteiger partial charge in [-0.05, 0) is 24.8 Å². The zero-order chi connectivity index (χ0) is 9.84. The number of rotatable bonds is 2. The van der Waals surface area contributed by atoms with E-state index in [0.717, 1.165) is 19.5 Å². The van der Waals surface area contributed by atoms with Gasteiger partial charge in [0.05, 0.1) is 5.92 Å². The summed E-state index contributed by atoms with van der Waals surface area (Å²) in [6.45, 7) is 6.34. The van der Waals surface area contributed by atoms with E-state index < -0.39 is 0 Å². The predicted octanol–water partition coefficient (Wildman–Crippen LogP) is 0.614. The second-order valence-electron chi connectivity index (χ2n) is 4.21. The van der Waals surface area contributed by atoms with Crippen LogP contribution >= 0.6 is 0 Å². The molecular formula is C10H20N2O. The van der Waals surface area contributed by atoms with Gasteiger partial charge in [-0.25, -0.2) is 0 Å². The fourth-order valence-electron chi connectivity index (χ4n) is 1.89. The van der Waals surface area contributed by atoms with Gasteiger partial charge in [-0.2, -0.15) is 0 Å². The average molecular weight is 184 g/mol. The second kappa shape index (κ2) is 4.61. The minimum atomic E-state index is 0.172. The van der Waals surface area contributed by atoms with Crippen molar-refractivity contribution in [3.63, 3.8) is 0 Å². The van der Waals surface area contributed by atoms with Gasteiger partial charge >= 0.3 is 0 Å². The Morgan fingerprint density at radius 3 is 2.69 bits per heavy atom. The maximum Gasteiger partial charge on any atom is 0.224 e. The van der Waals surface area contributed by atoms with E-state index in [-0.39, 0.29) is 11.8 Å². The van der Waals surface area contributed by atoms with Crippen molar-refractivity contribution in [3.05, 3.63) is 0 Å². The Labute approximate surface area is 80.3 Å². The van der Waals surface area contributed by atoms with Crippen LogP contribution in [0.4, 0.5) is 0 Å². The molecule has 1 rings (SSSR count). The SMILES string of the molecule is CNC(=O)[C@H]1CNC[C@@H](C(C)C)C1. The lowest BCUT2D eigenvalue weighted by Crippen LogP contribution is -2.44. The fourth-order valence-corrected chi connectivity index (χ4v) is 1.89. The average Bonchev–Trinajstić information content (AvgIpc) is 2.17. The fraction of sp³-hybridized carbons (Fsp3) is 0.900. The molecule has 0 aromatic rings. The Morgan fingerprint density at radius 1 is 1.46 bits per heavy atom. The molecule has 2 N–H and O–H groups in total. The van der Waals surface area contributed by atoms with Crippen molar-refractivity contribution in [2.24, 2.45) is 17.8 Å². The summed E-state index contributed by atoms with van der Waals surface area (Å²) in [7, 11) is 1.71. The topological polar surface area (TPSA) is 41.1 Å². The molecule has 0 spiro atoms. The molecule has 1 heterocycles. The van der Waals surface area contributed by atoms with Crippen molar-refractivity contribution >= 4 is 5.91 Å². The summed E-state index contributed by atoms with van der Waals surface area (Å²) in [4.78, 5) is 11.4. The molecule has 1 fully saturated rings. The van der Waals surface area contributed by atoms with Crippen molar-refractivity contribution in [2.75, 3.05) is 20.1 Å². The van der Waals surface area contributed by atoms with Crippen LogP contribution in [0, 0.1) is 17.8 Å². The number of amides is 1. The number of carbonyl (C=O) groups excluding carboxylic acids is 1. The maximum atomic E-state index is 11.4. The summed E-state index contributed by atoms with van der Waals surface area (Å²) < 4.78 is 0. The zero-order valence-electron chi connectivity index (χ0n) is 8.76. The number of nitrogens with one attached hydrogen (secondary N) is 2. The summed E-state index contributed by atoms with van der Waals surface area (Å²) in [6, 6.07) is 0. The quantitative estimate of drug-likeness (QED) is 0.660. The highest BCUT2D eigenvalue weighted by Crippen LogP contribution is 2.22. The van der Waals surface area contributed by atoms with Crippen LogP contribution in [0.15, 0.2) is 0 Å². The third-order valence-electron chi connectivity index (χ3n) is 2.94. The van der Waals surface area contributed by atoms with E-state index >= 15 is 0 Å². The van der Waals surface area contributed by atoms with Gasteiger partial charge in [0, 0.05) is 13.6 Å². The lowest BCUT2D eigenvalue weighted by atomic mass is 9.83. The minimum absolute atomic E-state index is 0.172. The normalized spacial score (nSPS) is 28.9. The van der Waals surface area contributed by atoms with Gasteiger partial charge in [0.25, 0.3) is 0 Å². The van der Waals surface area contributed by atoms with Crippen molar-refractivity contribution in [2.45, 2.75) is 20.3 Å². The smallest absolute Gasteiger partial charge is 0.224 e. The Morgan fingerprint density at radius 2 is 2.15 bits per heavy atom. The third kappa shape index (κ3) is 2.69. The molecule has 0 radical (unpaired) electrons. The molecule has 13 heavy (non-hydrogen) atoms. The Balaban J connectivity index is 2.46. The van der Waals surface area contributed by atoms with Crippen LogP contribution in [-0.2, 0) is 4.79 Å². The summed E-state index contributed by atoms with van der Waals surface area (Å²) in [5, 5.41) is 6.04. The van der Waals surface area contributed by atoms with E-state index in [2.05, 4.69) is 24.5 Å². The number of carbonyl (C=O) groups is 1. The first-order valence-corrected chi connectivity index (χ1v) is 5.07. The van der Waals surface area contributed by atoms with Gasteiger partial charge in [-0.1, -0.05) is 13.8 Å². The van der Waals surface area contributed by atoms with Crippen molar-refractivity contribution in [1.29, 1.82) is 0 Å². The van der Waals surface area contributed by atoms with Crippen molar-refractivity contribution in [3.8, 4) is 0 Å². The van der Waals surface area contributed by atoms with Gasteiger partial charge in [0.1, 0.15) is 0 Å². The van der Waals surface area contributed by atoms with E-state index in [1.807, 2.05) is 0 Å². The molecule has 0 aromatic heterocycles. The molecule has 1 saturated heterocycles. The summed E-state index contributed by atoms with van der Waals surface area (Å²) in [5.41, 5.74) is 0. The molecular weight excluding hydrogens is 164 g/mol. The largest absolute Gasteiger partial charge is 0.359 e. The summed E-state index contributed by atoms with van der Waals surface area (Å²) in [5.74, 6) is 1.67. The molecule has 0 saturated carbocycles. The highest BCUT2D eigenvalue weighted by Gasteiger charge is 2.27. The standard InChI is InChI=1S/C10H20N2O/c1-7(2)8-4-9(6-12-5-8)10(13)11-3/h7-9,12H,4-6H2,1-3H3,(H,11,13)/t8-,9+/m0/s1. The van der Waals surface area contributed by atoms with Gasteiger partial charge in [0.2, 0.25) is 5.91 Å². The number of hydrogen-bond donors (Lipinski definition) is 2. The van der Waals surface area contributed by atoms with Crippen molar-refractivity contribution in [1.82, 2.24) is 10.6 Å². The first-order chi connectivity index (χ1) is 6.15. The second-order valence-corrected chi connectivity index (χ2v) is 4.21. The van der Waals surface area contributed by atoms with Crippen LogP contribution in [0.2, 0.25) is 0 Å². The lowest BCUT2D eigenvalue weighted by molar-refractivity contribution is -0.125. The molecule has 1 aliphatic rings. The Hall–Kier alpha value is -0.570. The van der Waals surface area contributed by atoms with Gasteiger partial charge < -0.3 is 10.6 Å². The van der Waals surface area contributed by atoms with E-state index in [0.29, 0.717) is 11.8 Å². The molecule has 0 aromatic carbocycles. The maximum absolute atomic E-state index is 11.4. The van der Waals surface area contributed by atoms with Crippen LogP contribution in [0.3, 0.4) is 0 Å². The van der Waals surface area contributed by atoms with Crippen LogP contribution in [0.25, 0.3) is 0 Å². The zero-order valence-corrected chi connectivity index (χ0v) is 8.76. The van der Waals surface area contributed by atoms with E-state index in [1.54, 1.807) is 7.05 Å². The van der Waals surface area contributed by atoms with E-state index in [4.69, 9.17) is 0 Å². The highest BCUT2D eigenvalue weighted by molar-refractivity contribution is 5.78. The minimum Gasteiger partial charge on any atom is -0.359 e. The van der Waals surface area contributed by atoms with E-state index in [1.165, 1.54) is 0 Å². The Kier molecular flexibility index (Phi) is 3.72. The van der Waals surface area contributed by atoms with Crippen LogP contribution in [0.5, 0.6) is 0 Å². The molecule has 3 heteroatoms. The highest BCUT2D eigenvalue weighted by atomic mass is 16.1. The monoisotopic (exact) mass is 184 g/mol. The molecule has 2 atom stereocenters. The first kappa shape index (κ1) is 10.5. The van der Waals surface area contributed by atoms with Gasteiger partial charge in [-0.3, -0.25) is 4.79 Å². The molecule has 0 aliphatic carbocycles. The van der Waals surface area contributed by atoms with Crippen molar-refractivity contribution < 1.29 is 4.79 Å². The molecule has 1 amide bonds. The van der Waals surface area contributed by atoms with Crippen LogP contribution in [-0.4, -0.2) is 26.0 Å². The molecule has 0 bridgehead atoms. The summed E-state index contributed by atoms with van der Waals surface area (Å²) in [6.07, 6.45) is 1.03. The first-order valence-electron chi connectivity index (χ1n) is 5.07. The molecule has 0 unspecified atom stereocenters. The van der Waals surface area contributed by atoms with Crippen LogP contribution < -0.4 is 10.6 Å². The molecule has 1 aliphatic heterocycles. The third-order valence-corrected chi connectivity index (χ3v) is 2.94. The lowest BCUT2D eigenvalue weighted by Gasteiger charge is -2.31. The number of hydrogen-bond acceptors (Lipinski definition) is 2. The van der Waals surface area contributed by atoms with Crippen LogP contribution in [0.1, 0.15) is 20.3 Å². The van der Waals surface area contributed by atoms with Gasteiger partial charge in [0.15, 0.2) is 0 Å². The molecule has 76 valence electrons. The molecule has 3 nitrogen and oxygen atoms in total. The van der Waals surface area contributed by atoms with Gasteiger partial charge in [-0.15, -0.1) is 0 Å². The predicted molar refractivity (Wildman–Crippen MR) is 53.4 cm³/mol. The Bertz CT molecular complexity index is 180. The van der Waals surface area contributed by atoms with E-state index in [9.17, 15) is 4.79 Å².